The molecule has 6 heteroatoms. The van der Waals surface area contributed by atoms with E-state index in [4.69, 9.17) is 4.74 Å². The smallest absolute Gasteiger partial charge is 0.241 e. The van der Waals surface area contributed by atoms with E-state index in [0.29, 0.717) is 30.5 Å². The highest BCUT2D eigenvalue weighted by atomic mass is 16.5. The summed E-state index contributed by atoms with van der Waals surface area (Å²) >= 11 is 0. The van der Waals surface area contributed by atoms with Gasteiger partial charge in [-0.15, -0.1) is 0 Å². The zero-order valence-electron chi connectivity index (χ0n) is 16.5. The van der Waals surface area contributed by atoms with Gasteiger partial charge in [-0.2, -0.15) is 5.10 Å². The van der Waals surface area contributed by atoms with Crippen molar-refractivity contribution in [1.82, 2.24) is 15.1 Å². The summed E-state index contributed by atoms with van der Waals surface area (Å²) < 4.78 is 7.41. The molecule has 0 saturated heterocycles. The van der Waals surface area contributed by atoms with Crippen molar-refractivity contribution in [1.29, 1.82) is 0 Å². The first-order chi connectivity index (χ1) is 13.5. The molecule has 3 aromatic rings. The van der Waals surface area contributed by atoms with Crippen LogP contribution >= 0.6 is 0 Å². The van der Waals surface area contributed by atoms with Gasteiger partial charge in [0, 0.05) is 11.9 Å². The minimum atomic E-state index is -0.149. The number of rotatable bonds is 7. The number of benzene rings is 2. The lowest BCUT2D eigenvalue weighted by molar-refractivity contribution is -0.121. The quantitative estimate of drug-likeness (QED) is 0.641. The first-order valence-electron chi connectivity index (χ1n) is 9.38. The highest BCUT2D eigenvalue weighted by Gasteiger charge is 2.08. The minimum Gasteiger partial charge on any atom is -0.493 e. The third-order valence-corrected chi connectivity index (χ3v) is 4.72. The summed E-state index contributed by atoms with van der Waals surface area (Å²) in [5, 5.41) is 7.51. The van der Waals surface area contributed by atoms with Crippen LogP contribution < -0.4 is 15.5 Å². The maximum Gasteiger partial charge on any atom is 0.241 e. The Morgan fingerprint density at radius 3 is 2.79 bits per heavy atom. The van der Waals surface area contributed by atoms with Gasteiger partial charge in [0.05, 0.1) is 18.3 Å². The number of aryl methyl sites for hydroxylation is 2. The molecule has 28 heavy (non-hydrogen) atoms. The van der Waals surface area contributed by atoms with E-state index in [1.54, 1.807) is 22.9 Å². The van der Waals surface area contributed by atoms with Gasteiger partial charge in [0.15, 0.2) is 0 Å². The topological polar surface area (TPSA) is 73.2 Å². The fraction of sp³-hybridized carbons (Fsp3) is 0.318. The molecule has 0 bridgehead atoms. The molecule has 1 aromatic heterocycles. The normalized spacial score (nSPS) is 10.8. The van der Waals surface area contributed by atoms with Crippen LogP contribution in [0.1, 0.15) is 23.1 Å². The van der Waals surface area contributed by atoms with Gasteiger partial charge in [-0.1, -0.05) is 18.2 Å². The second-order valence-electron chi connectivity index (χ2n) is 6.94. The number of ether oxygens (including phenoxy) is 1. The summed E-state index contributed by atoms with van der Waals surface area (Å²) in [6, 6.07) is 11.3. The SMILES string of the molecule is Cc1cc(C)c(C)c(OCCCNC(=O)Cn2ncc(=O)c3ccccc32)c1. The molecule has 0 spiro atoms. The van der Waals surface area contributed by atoms with Crippen molar-refractivity contribution in [2.24, 2.45) is 0 Å². The van der Waals surface area contributed by atoms with Gasteiger partial charge in [-0.25, -0.2) is 0 Å². The van der Waals surface area contributed by atoms with Gasteiger partial charge >= 0.3 is 0 Å². The third-order valence-electron chi connectivity index (χ3n) is 4.72. The van der Waals surface area contributed by atoms with Gasteiger partial charge in [-0.05, 0) is 62.1 Å². The maximum atomic E-state index is 12.2. The molecule has 3 rings (SSSR count). The lowest BCUT2D eigenvalue weighted by atomic mass is 10.1. The number of carbonyl (C=O) groups is 1. The van der Waals surface area contributed by atoms with E-state index in [1.807, 2.05) is 26.0 Å². The summed E-state index contributed by atoms with van der Waals surface area (Å²) in [5.74, 6) is 0.747. The average molecular weight is 379 g/mol. The summed E-state index contributed by atoms with van der Waals surface area (Å²) in [6.45, 7) is 7.29. The van der Waals surface area contributed by atoms with Gasteiger partial charge in [0.2, 0.25) is 11.3 Å². The number of aromatic nitrogens is 2. The Kier molecular flexibility index (Phi) is 6.09. The predicted molar refractivity (Wildman–Crippen MR) is 110 cm³/mol. The number of nitrogens with zero attached hydrogens (tertiary/aromatic N) is 2. The molecule has 0 fully saturated rings. The molecule has 2 aromatic carbocycles. The number of fused-ring (bicyclic) bond motifs is 1. The van der Waals surface area contributed by atoms with E-state index >= 15 is 0 Å². The molecular weight excluding hydrogens is 354 g/mol. The van der Waals surface area contributed by atoms with E-state index < -0.39 is 0 Å². The van der Waals surface area contributed by atoms with Crippen molar-refractivity contribution in [2.45, 2.75) is 33.7 Å². The van der Waals surface area contributed by atoms with Crippen LogP contribution in [-0.4, -0.2) is 28.8 Å². The van der Waals surface area contributed by atoms with Gasteiger partial charge < -0.3 is 10.1 Å². The van der Waals surface area contributed by atoms with Crippen LogP contribution in [0.25, 0.3) is 10.9 Å². The fourth-order valence-electron chi connectivity index (χ4n) is 3.11. The number of nitrogens with one attached hydrogen (secondary N) is 1. The van der Waals surface area contributed by atoms with Crippen LogP contribution in [0.5, 0.6) is 5.75 Å². The zero-order chi connectivity index (χ0) is 20.1. The fourth-order valence-corrected chi connectivity index (χ4v) is 3.11. The molecule has 0 saturated carbocycles. The number of carbonyl (C=O) groups excluding carboxylic acids is 1. The van der Waals surface area contributed by atoms with Crippen molar-refractivity contribution >= 4 is 16.8 Å². The van der Waals surface area contributed by atoms with E-state index in [2.05, 4.69) is 23.4 Å². The van der Waals surface area contributed by atoms with E-state index in [-0.39, 0.29) is 17.9 Å². The van der Waals surface area contributed by atoms with Crippen LogP contribution in [0.3, 0.4) is 0 Å². The molecule has 0 radical (unpaired) electrons. The van der Waals surface area contributed by atoms with Crippen LogP contribution in [0.4, 0.5) is 0 Å². The summed E-state index contributed by atoms with van der Waals surface area (Å²) in [5.41, 5.74) is 4.03. The Morgan fingerprint density at radius 2 is 1.96 bits per heavy atom. The molecule has 6 nitrogen and oxygen atoms in total. The molecule has 0 unspecified atom stereocenters. The number of hydrogen-bond donors (Lipinski definition) is 1. The van der Waals surface area contributed by atoms with Crippen LogP contribution in [0.15, 0.2) is 47.4 Å². The first kappa shape index (κ1) is 19.6. The Balaban J connectivity index is 1.50. The lowest BCUT2D eigenvalue weighted by Crippen LogP contribution is -2.30. The van der Waals surface area contributed by atoms with E-state index in [0.717, 1.165) is 11.3 Å². The standard InChI is InChI=1S/C22H25N3O3/c1-15-11-16(2)17(3)21(12-15)28-10-6-9-23-22(27)14-25-19-8-5-4-7-18(19)20(26)13-24-25/h4-5,7-8,11-13H,6,9-10,14H2,1-3H3,(H,23,27). The van der Waals surface area contributed by atoms with E-state index in [9.17, 15) is 9.59 Å². The van der Waals surface area contributed by atoms with Crippen LogP contribution in [0.2, 0.25) is 0 Å². The Hall–Kier alpha value is -3.15. The largest absolute Gasteiger partial charge is 0.493 e. The summed E-state index contributed by atoms with van der Waals surface area (Å²) in [4.78, 5) is 24.1. The molecule has 0 aliphatic heterocycles. The minimum absolute atomic E-state index is 0.0673. The summed E-state index contributed by atoms with van der Waals surface area (Å²) in [7, 11) is 0. The number of para-hydroxylation sites is 1. The third kappa shape index (κ3) is 4.57. The van der Waals surface area contributed by atoms with Crippen molar-refractivity contribution < 1.29 is 9.53 Å². The first-order valence-corrected chi connectivity index (χ1v) is 9.38. The lowest BCUT2D eigenvalue weighted by Gasteiger charge is -2.13. The van der Waals surface area contributed by atoms with E-state index in [1.165, 1.54) is 17.3 Å². The highest BCUT2D eigenvalue weighted by molar-refractivity contribution is 5.81. The average Bonchev–Trinajstić information content (AvgIpc) is 2.67. The van der Waals surface area contributed by atoms with Crippen LogP contribution in [0, 0.1) is 20.8 Å². The Bertz CT molecular complexity index is 1060. The van der Waals surface area contributed by atoms with Crippen molar-refractivity contribution in [3.05, 3.63) is 69.5 Å². The second-order valence-corrected chi connectivity index (χ2v) is 6.94. The predicted octanol–water partition coefficient (Wildman–Crippen LogP) is 2.91. The van der Waals surface area contributed by atoms with Crippen molar-refractivity contribution in [3.63, 3.8) is 0 Å². The molecule has 0 aliphatic rings. The van der Waals surface area contributed by atoms with Gasteiger partial charge in [0.1, 0.15) is 12.3 Å². The highest BCUT2D eigenvalue weighted by Crippen LogP contribution is 2.23. The monoisotopic (exact) mass is 379 g/mol. The Morgan fingerprint density at radius 1 is 1.18 bits per heavy atom. The number of amides is 1. The van der Waals surface area contributed by atoms with Crippen LogP contribution in [-0.2, 0) is 11.3 Å². The number of hydrogen-bond acceptors (Lipinski definition) is 4. The molecule has 0 atom stereocenters. The molecular formula is C22H25N3O3. The molecule has 0 aliphatic carbocycles. The molecule has 1 amide bonds. The molecule has 1 N–H and O–H groups in total. The van der Waals surface area contributed by atoms with Crippen molar-refractivity contribution in [2.75, 3.05) is 13.2 Å². The zero-order valence-corrected chi connectivity index (χ0v) is 16.5. The van der Waals surface area contributed by atoms with Crippen molar-refractivity contribution in [3.8, 4) is 5.75 Å². The van der Waals surface area contributed by atoms with Gasteiger partial charge in [0.25, 0.3) is 0 Å². The molecule has 146 valence electrons. The molecule has 1 heterocycles. The van der Waals surface area contributed by atoms with Gasteiger partial charge in [-0.3, -0.25) is 14.3 Å². The Labute approximate surface area is 164 Å². The maximum absolute atomic E-state index is 12.2. The summed E-state index contributed by atoms with van der Waals surface area (Å²) in [6.07, 6.45) is 1.95. The second kappa shape index (κ2) is 8.69.